The minimum atomic E-state index is -0.796. The van der Waals surface area contributed by atoms with E-state index in [9.17, 15) is 9.59 Å². The minimum absolute atomic E-state index is 0.0837. The summed E-state index contributed by atoms with van der Waals surface area (Å²) in [5, 5.41) is 0.194. The van der Waals surface area contributed by atoms with Crippen LogP contribution in [0.5, 0.6) is 0 Å². The van der Waals surface area contributed by atoms with Crippen LogP contribution in [0.3, 0.4) is 0 Å². The van der Waals surface area contributed by atoms with E-state index >= 15 is 0 Å². The van der Waals surface area contributed by atoms with Gasteiger partial charge < -0.3 is 4.42 Å². The van der Waals surface area contributed by atoms with E-state index in [-0.39, 0.29) is 11.0 Å². The highest BCUT2D eigenvalue weighted by Crippen LogP contribution is 1.89. The van der Waals surface area contributed by atoms with Crippen LogP contribution in [0.15, 0.2) is 26.4 Å². The van der Waals surface area contributed by atoms with E-state index in [1.807, 2.05) is 0 Å². The molecule has 54 valence electrons. The fourth-order valence-electron chi connectivity index (χ4n) is 0.728. The average molecular weight is 150 g/mol. The van der Waals surface area contributed by atoms with Crippen molar-refractivity contribution in [1.82, 2.24) is 9.97 Å². The van der Waals surface area contributed by atoms with Gasteiger partial charge in [0.15, 0.2) is 0 Å². The van der Waals surface area contributed by atoms with Gasteiger partial charge in [-0.3, -0.25) is 0 Å². The largest absolute Gasteiger partial charge is 0.384 e. The van der Waals surface area contributed by atoms with Crippen molar-refractivity contribution in [3.63, 3.8) is 0 Å². The highest BCUT2D eigenvalue weighted by molar-refractivity contribution is 5.49. The highest BCUT2D eigenvalue weighted by atomic mass is 16.4. The van der Waals surface area contributed by atoms with Crippen LogP contribution in [-0.4, -0.2) is 9.97 Å². The quantitative estimate of drug-likeness (QED) is 0.500. The molecule has 0 aliphatic carbocycles. The summed E-state index contributed by atoms with van der Waals surface area (Å²) in [6, 6.07) is 0. The molecule has 0 spiro atoms. The summed E-state index contributed by atoms with van der Waals surface area (Å²) < 4.78 is 4.30. The third-order valence-corrected chi connectivity index (χ3v) is 1.26. The van der Waals surface area contributed by atoms with Gasteiger partial charge in [0.05, 0.1) is 5.39 Å². The topological polar surface area (TPSA) is 73.1 Å². The molecule has 0 aliphatic rings. The molecule has 3 aromatic heterocycles. The van der Waals surface area contributed by atoms with Crippen LogP contribution in [0, 0.1) is 0 Å². The SMILES string of the molecule is O=c1oc(=O)c2ncc1cn2. The molecule has 5 heteroatoms. The molecule has 3 rings (SSSR count). The fraction of sp³-hybridized carbons (Fsp3) is 0. The summed E-state index contributed by atoms with van der Waals surface area (Å²) in [4.78, 5) is 28.7. The molecule has 0 atom stereocenters. The highest BCUT2D eigenvalue weighted by Gasteiger charge is 2.01. The molecule has 3 aromatic rings. The van der Waals surface area contributed by atoms with Gasteiger partial charge in [0.25, 0.3) is 0 Å². The summed E-state index contributed by atoms with van der Waals surface area (Å²) >= 11 is 0. The van der Waals surface area contributed by atoms with E-state index in [0.717, 1.165) is 0 Å². The Bertz CT molecular complexity index is 426. The first-order valence-electron chi connectivity index (χ1n) is 2.86. The summed E-state index contributed by atoms with van der Waals surface area (Å²) in [7, 11) is 0. The summed E-state index contributed by atoms with van der Waals surface area (Å²) in [6.45, 7) is 0. The molecule has 0 saturated carbocycles. The van der Waals surface area contributed by atoms with Gasteiger partial charge in [0, 0.05) is 12.4 Å². The Labute approximate surface area is 59.7 Å². The second-order valence-corrected chi connectivity index (χ2v) is 1.97. The van der Waals surface area contributed by atoms with Crippen molar-refractivity contribution in [2.24, 2.45) is 0 Å². The number of fused-ring (bicyclic) bond motifs is 4. The van der Waals surface area contributed by atoms with Gasteiger partial charge in [0.1, 0.15) is 0 Å². The molecule has 0 radical (unpaired) electrons. The van der Waals surface area contributed by atoms with Crippen molar-refractivity contribution < 1.29 is 4.42 Å². The zero-order valence-electron chi connectivity index (χ0n) is 5.27. The van der Waals surface area contributed by atoms with Crippen molar-refractivity contribution in [2.75, 3.05) is 0 Å². The molecular weight excluding hydrogens is 148 g/mol. The maximum absolute atomic E-state index is 10.8. The second-order valence-electron chi connectivity index (χ2n) is 1.97. The lowest BCUT2D eigenvalue weighted by molar-refractivity contribution is 0.490. The van der Waals surface area contributed by atoms with Gasteiger partial charge in [-0.05, 0) is 0 Å². The van der Waals surface area contributed by atoms with Crippen LogP contribution in [-0.2, 0) is 0 Å². The summed E-state index contributed by atoms with van der Waals surface area (Å²) in [6.07, 6.45) is 2.52. The number of rotatable bonds is 0. The molecule has 11 heavy (non-hydrogen) atoms. The minimum Gasteiger partial charge on any atom is -0.383 e. The Balaban J connectivity index is 3.27. The van der Waals surface area contributed by atoms with Crippen molar-refractivity contribution >= 4 is 11.0 Å². The first-order valence-corrected chi connectivity index (χ1v) is 2.86. The van der Waals surface area contributed by atoms with E-state index in [1.165, 1.54) is 12.4 Å². The molecule has 0 amide bonds. The Morgan fingerprint density at radius 3 is 2.36 bits per heavy atom. The Kier molecular flexibility index (Phi) is 1.00. The van der Waals surface area contributed by atoms with Crippen molar-refractivity contribution in [2.45, 2.75) is 0 Å². The number of hydrogen-bond acceptors (Lipinski definition) is 5. The zero-order valence-corrected chi connectivity index (χ0v) is 5.27. The van der Waals surface area contributed by atoms with Crippen molar-refractivity contribution in [3.8, 4) is 0 Å². The lowest BCUT2D eigenvalue weighted by Crippen LogP contribution is -2.03. The van der Waals surface area contributed by atoms with Crippen LogP contribution < -0.4 is 11.3 Å². The van der Waals surface area contributed by atoms with Crippen LogP contribution in [0.1, 0.15) is 0 Å². The summed E-state index contributed by atoms with van der Waals surface area (Å²) in [5.74, 6) is 0. The molecule has 5 nitrogen and oxygen atoms in total. The number of hydrogen-bond donors (Lipinski definition) is 0. The van der Waals surface area contributed by atoms with Gasteiger partial charge in [-0.15, -0.1) is 0 Å². The van der Waals surface area contributed by atoms with Gasteiger partial charge in [-0.1, -0.05) is 0 Å². The predicted octanol–water partition coefficient (Wildman–Crippen LogP) is -0.619. The van der Waals surface area contributed by atoms with Crippen molar-refractivity contribution in [1.29, 1.82) is 0 Å². The van der Waals surface area contributed by atoms with Crippen LogP contribution in [0.2, 0.25) is 0 Å². The van der Waals surface area contributed by atoms with E-state index in [2.05, 4.69) is 14.4 Å². The van der Waals surface area contributed by atoms with Crippen LogP contribution in [0.25, 0.3) is 11.0 Å². The summed E-state index contributed by atoms with van der Waals surface area (Å²) in [5.41, 5.74) is -1.58. The maximum Gasteiger partial charge on any atom is 0.384 e. The Hall–Kier alpha value is -1.78. The molecular formula is C6H2N2O3. The van der Waals surface area contributed by atoms with E-state index < -0.39 is 11.3 Å². The third-order valence-electron chi connectivity index (χ3n) is 1.26. The molecule has 0 N–H and O–H groups in total. The standard InChI is InChI=1S/C6H2N2O3/c9-5-3-1-7-4(8-2-3)6(10)11-5/h1-2H. The van der Waals surface area contributed by atoms with Gasteiger partial charge in [-0.2, -0.15) is 0 Å². The predicted molar refractivity (Wildman–Crippen MR) is 35.5 cm³/mol. The molecule has 0 unspecified atom stereocenters. The van der Waals surface area contributed by atoms with E-state index in [0.29, 0.717) is 0 Å². The number of aromatic nitrogens is 2. The maximum atomic E-state index is 10.8. The van der Waals surface area contributed by atoms with Gasteiger partial charge >= 0.3 is 11.3 Å². The monoisotopic (exact) mass is 150 g/mol. The lowest BCUT2D eigenvalue weighted by Gasteiger charge is -1.77. The molecule has 3 heterocycles. The second kappa shape index (κ2) is 1.85. The van der Waals surface area contributed by atoms with Gasteiger partial charge in [0.2, 0.25) is 5.65 Å². The fourth-order valence-corrected chi connectivity index (χ4v) is 0.728. The third kappa shape index (κ3) is 0.778. The smallest absolute Gasteiger partial charge is 0.383 e. The molecule has 0 aliphatic heterocycles. The Morgan fingerprint density at radius 2 is 1.73 bits per heavy atom. The first kappa shape index (κ1) is 5.96. The normalized spacial score (nSPS) is 10.5. The van der Waals surface area contributed by atoms with Crippen LogP contribution >= 0.6 is 0 Å². The van der Waals surface area contributed by atoms with E-state index in [4.69, 9.17) is 0 Å². The molecule has 0 fully saturated rings. The van der Waals surface area contributed by atoms with Crippen molar-refractivity contribution in [3.05, 3.63) is 33.2 Å². The van der Waals surface area contributed by atoms with E-state index in [1.54, 1.807) is 0 Å². The van der Waals surface area contributed by atoms with Gasteiger partial charge in [-0.25, -0.2) is 19.6 Å². The first-order chi connectivity index (χ1) is 5.27. The van der Waals surface area contributed by atoms with Crippen LogP contribution in [0.4, 0.5) is 0 Å². The Morgan fingerprint density at radius 1 is 1.09 bits per heavy atom. The molecule has 0 saturated heterocycles. The number of nitrogens with zero attached hydrogens (tertiary/aromatic N) is 2. The lowest BCUT2D eigenvalue weighted by atomic mass is 10.5. The average Bonchev–Trinajstić information content (AvgIpc) is 2.22. The zero-order chi connectivity index (χ0) is 7.84. The molecule has 2 bridgehead atoms. The molecule has 0 aromatic carbocycles.